The summed E-state index contributed by atoms with van der Waals surface area (Å²) in [4.78, 5) is 13.9. The van der Waals surface area contributed by atoms with Gasteiger partial charge in [0.2, 0.25) is 5.91 Å². The van der Waals surface area contributed by atoms with Gasteiger partial charge in [-0.05, 0) is 39.8 Å². The van der Waals surface area contributed by atoms with Gasteiger partial charge < -0.3 is 9.88 Å². The molecule has 8 heteroatoms. The molecule has 0 atom stereocenters. The maximum absolute atomic E-state index is 12.3. The second-order valence-electron chi connectivity index (χ2n) is 5.93. The lowest BCUT2D eigenvalue weighted by Gasteiger charge is -2.30. The van der Waals surface area contributed by atoms with Crippen molar-refractivity contribution in [2.75, 3.05) is 19.6 Å². The highest BCUT2D eigenvalue weighted by Crippen LogP contribution is 2.18. The molecule has 0 spiro atoms. The molecule has 0 radical (unpaired) electrons. The number of rotatable bonds is 6. The van der Waals surface area contributed by atoms with Crippen LogP contribution in [0.3, 0.4) is 0 Å². The monoisotopic (exact) mass is 315 g/mol. The second-order valence-corrected chi connectivity index (χ2v) is 5.93. The number of halogens is 2. The molecule has 1 fully saturated rings. The van der Waals surface area contributed by atoms with Crippen molar-refractivity contribution >= 4 is 5.91 Å². The number of carbonyl (C=O) groups excluding carboxylic acids is 1. The summed E-state index contributed by atoms with van der Waals surface area (Å²) in [6.45, 7) is 5.27. The third kappa shape index (κ3) is 4.46. The predicted octanol–water partition coefficient (Wildman–Crippen LogP) is 1.45. The molecule has 1 aliphatic heterocycles. The number of carbonyl (C=O) groups is 1. The molecular weight excluding hydrogens is 292 g/mol. The minimum atomic E-state index is -2.31. The van der Waals surface area contributed by atoms with E-state index in [2.05, 4.69) is 15.5 Å². The Bertz CT molecular complexity index is 483. The van der Waals surface area contributed by atoms with E-state index in [9.17, 15) is 13.6 Å². The highest BCUT2D eigenvalue weighted by Gasteiger charge is 2.26. The molecule has 0 aromatic carbocycles. The first kappa shape index (κ1) is 16.8. The van der Waals surface area contributed by atoms with Gasteiger partial charge in [0.05, 0.1) is 13.1 Å². The highest BCUT2D eigenvalue weighted by molar-refractivity contribution is 5.78. The second kappa shape index (κ2) is 7.62. The van der Waals surface area contributed by atoms with Crippen LogP contribution in [0.25, 0.3) is 0 Å². The van der Waals surface area contributed by atoms with Crippen LogP contribution in [0.5, 0.6) is 0 Å². The Hall–Kier alpha value is -1.57. The van der Waals surface area contributed by atoms with Crippen LogP contribution in [0, 0.1) is 5.92 Å². The Kier molecular flexibility index (Phi) is 5.82. The van der Waals surface area contributed by atoms with E-state index in [1.54, 1.807) is 11.2 Å². The van der Waals surface area contributed by atoms with Crippen molar-refractivity contribution in [3.63, 3.8) is 0 Å². The number of hydrogen-bond acceptors (Lipinski definition) is 4. The first-order valence-corrected chi connectivity index (χ1v) is 7.64. The van der Waals surface area contributed by atoms with Gasteiger partial charge >= 0.3 is 0 Å². The zero-order valence-corrected chi connectivity index (χ0v) is 13.0. The Morgan fingerprint density at radius 2 is 2.09 bits per heavy atom. The first-order chi connectivity index (χ1) is 10.5. The predicted molar refractivity (Wildman–Crippen MR) is 77.4 cm³/mol. The number of amides is 1. The Labute approximate surface area is 128 Å². The third-order valence-electron chi connectivity index (χ3n) is 3.98. The maximum Gasteiger partial charge on any atom is 0.251 e. The van der Waals surface area contributed by atoms with Crippen molar-refractivity contribution in [1.82, 2.24) is 25.0 Å². The molecule has 6 nitrogen and oxygen atoms in total. The molecule has 1 aliphatic rings. The molecule has 0 unspecified atom stereocenters. The minimum absolute atomic E-state index is 0.0324. The summed E-state index contributed by atoms with van der Waals surface area (Å²) in [5, 5.41) is 10.7. The summed E-state index contributed by atoms with van der Waals surface area (Å²) < 4.78 is 26.5. The van der Waals surface area contributed by atoms with Crippen LogP contribution in [-0.4, -0.2) is 51.6 Å². The summed E-state index contributed by atoms with van der Waals surface area (Å²) in [6, 6.07) is 0.236. The van der Waals surface area contributed by atoms with Crippen LogP contribution in [0.2, 0.25) is 0 Å². The fourth-order valence-electron chi connectivity index (χ4n) is 2.71. The fourth-order valence-corrected chi connectivity index (χ4v) is 2.71. The van der Waals surface area contributed by atoms with Crippen LogP contribution >= 0.6 is 0 Å². The summed E-state index contributed by atoms with van der Waals surface area (Å²) in [5.41, 5.74) is 0. The van der Waals surface area contributed by atoms with Crippen molar-refractivity contribution in [1.29, 1.82) is 0 Å². The van der Waals surface area contributed by atoms with Gasteiger partial charge in [-0.2, -0.15) is 0 Å². The normalized spacial score (nSPS) is 17.4. The summed E-state index contributed by atoms with van der Waals surface area (Å²) in [6.07, 6.45) is 0.576. The standard InChI is InChI=1S/C14H23F2N5O/c1-10(2)21-9-18-19-13(21)7-17-14(22)11-3-5-20(6-4-11)8-12(15)16/h9-12H,3-8H2,1-2H3,(H,17,22). The van der Waals surface area contributed by atoms with E-state index in [-0.39, 0.29) is 24.4 Å². The van der Waals surface area contributed by atoms with Crippen LogP contribution in [-0.2, 0) is 11.3 Å². The van der Waals surface area contributed by atoms with Gasteiger partial charge in [-0.1, -0.05) is 0 Å². The number of alkyl halides is 2. The van der Waals surface area contributed by atoms with Crippen LogP contribution in [0.4, 0.5) is 8.78 Å². The van der Waals surface area contributed by atoms with Crippen molar-refractivity contribution in [3.8, 4) is 0 Å². The molecule has 1 aromatic rings. The molecule has 1 N–H and O–H groups in total. The number of nitrogens with zero attached hydrogens (tertiary/aromatic N) is 4. The van der Waals surface area contributed by atoms with Crippen LogP contribution in [0.15, 0.2) is 6.33 Å². The minimum Gasteiger partial charge on any atom is -0.349 e. The number of nitrogens with one attached hydrogen (secondary N) is 1. The lowest BCUT2D eigenvalue weighted by atomic mass is 9.96. The fraction of sp³-hybridized carbons (Fsp3) is 0.786. The van der Waals surface area contributed by atoms with E-state index < -0.39 is 6.43 Å². The van der Waals surface area contributed by atoms with E-state index in [0.717, 1.165) is 5.82 Å². The van der Waals surface area contributed by atoms with Gasteiger partial charge in [-0.3, -0.25) is 9.69 Å². The maximum atomic E-state index is 12.3. The lowest BCUT2D eigenvalue weighted by Crippen LogP contribution is -2.42. The molecule has 0 saturated carbocycles. The Balaban J connectivity index is 1.78. The van der Waals surface area contributed by atoms with Crippen molar-refractivity contribution < 1.29 is 13.6 Å². The smallest absolute Gasteiger partial charge is 0.251 e. The van der Waals surface area contributed by atoms with Crippen LogP contribution in [0.1, 0.15) is 38.6 Å². The topological polar surface area (TPSA) is 63.1 Å². The summed E-state index contributed by atoms with van der Waals surface area (Å²) in [5.74, 6) is 0.581. The van der Waals surface area contributed by atoms with Gasteiger partial charge in [-0.25, -0.2) is 8.78 Å². The SMILES string of the molecule is CC(C)n1cnnc1CNC(=O)C1CCN(CC(F)F)CC1. The van der Waals surface area contributed by atoms with Crippen molar-refractivity contribution in [2.24, 2.45) is 5.92 Å². The third-order valence-corrected chi connectivity index (χ3v) is 3.98. The van der Waals surface area contributed by atoms with Crippen molar-refractivity contribution in [2.45, 2.75) is 45.7 Å². The highest BCUT2D eigenvalue weighted by atomic mass is 19.3. The Morgan fingerprint density at radius 3 is 2.68 bits per heavy atom. The lowest BCUT2D eigenvalue weighted by molar-refractivity contribution is -0.126. The largest absolute Gasteiger partial charge is 0.349 e. The van der Waals surface area contributed by atoms with Gasteiger partial charge in [0, 0.05) is 12.0 Å². The van der Waals surface area contributed by atoms with Crippen molar-refractivity contribution in [3.05, 3.63) is 12.2 Å². The zero-order valence-electron chi connectivity index (χ0n) is 13.0. The van der Waals surface area contributed by atoms with E-state index >= 15 is 0 Å². The quantitative estimate of drug-likeness (QED) is 0.863. The average Bonchev–Trinajstić information content (AvgIpc) is 2.93. The van der Waals surface area contributed by atoms with Gasteiger partial charge in [0.1, 0.15) is 6.33 Å². The van der Waals surface area contributed by atoms with Gasteiger partial charge in [0.25, 0.3) is 6.43 Å². The van der Waals surface area contributed by atoms with E-state index in [1.807, 2.05) is 18.4 Å². The van der Waals surface area contributed by atoms with E-state index in [0.29, 0.717) is 32.5 Å². The molecule has 0 bridgehead atoms. The number of likely N-dealkylation sites (tertiary alicyclic amines) is 1. The van der Waals surface area contributed by atoms with Gasteiger partial charge in [-0.15, -0.1) is 10.2 Å². The molecule has 22 heavy (non-hydrogen) atoms. The number of piperidine rings is 1. The summed E-state index contributed by atoms with van der Waals surface area (Å²) >= 11 is 0. The molecular formula is C14H23F2N5O. The number of aromatic nitrogens is 3. The average molecular weight is 315 g/mol. The zero-order chi connectivity index (χ0) is 16.1. The number of hydrogen-bond donors (Lipinski definition) is 1. The van der Waals surface area contributed by atoms with Gasteiger partial charge in [0.15, 0.2) is 5.82 Å². The first-order valence-electron chi connectivity index (χ1n) is 7.64. The molecule has 124 valence electrons. The molecule has 1 amide bonds. The summed E-state index contributed by atoms with van der Waals surface area (Å²) in [7, 11) is 0. The molecule has 0 aliphatic carbocycles. The molecule has 1 saturated heterocycles. The molecule has 2 heterocycles. The van der Waals surface area contributed by atoms with Crippen LogP contribution < -0.4 is 5.32 Å². The molecule has 1 aromatic heterocycles. The van der Waals surface area contributed by atoms with E-state index in [4.69, 9.17) is 0 Å². The Morgan fingerprint density at radius 1 is 1.41 bits per heavy atom. The van der Waals surface area contributed by atoms with E-state index in [1.165, 1.54) is 0 Å². The molecule has 2 rings (SSSR count).